The highest BCUT2D eigenvalue weighted by Crippen LogP contribution is 2.17. The summed E-state index contributed by atoms with van der Waals surface area (Å²) in [5, 5.41) is 0.945. The van der Waals surface area contributed by atoms with Crippen LogP contribution in [0.15, 0.2) is 17.6 Å². The lowest BCUT2D eigenvalue weighted by molar-refractivity contribution is -0.128. The first-order valence-electron chi connectivity index (χ1n) is 6.73. The fourth-order valence-electron chi connectivity index (χ4n) is 2.21. The van der Waals surface area contributed by atoms with Crippen LogP contribution in [0.3, 0.4) is 0 Å². The minimum atomic E-state index is 0.257. The molecule has 0 atom stereocenters. The minimum Gasteiger partial charge on any atom is -0.342 e. The molecule has 0 saturated carbocycles. The summed E-state index contributed by atoms with van der Waals surface area (Å²) < 4.78 is 2.07. The Morgan fingerprint density at radius 2 is 2.06 bits per heavy atom. The zero-order chi connectivity index (χ0) is 12.8. The van der Waals surface area contributed by atoms with Gasteiger partial charge in [0.15, 0.2) is 5.16 Å². The number of aryl methyl sites for hydroxylation is 1. The van der Waals surface area contributed by atoms with Gasteiger partial charge in [-0.1, -0.05) is 24.6 Å². The summed E-state index contributed by atoms with van der Waals surface area (Å²) in [7, 11) is 0. The maximum absolute atomic E-state index is 12.1. The molecule has 0 aliphatic carbocycles. The number of hydrogen-bond acceptors (Lipinski definition) is 3. The molecule has 18 heavy (non-hydrogen) atoms. The van der Waals surface area contributed by atoms with Gasteiger partial charge in [-0.2, -0.15) is 0 Å². The van der Waals surface area contributed by atoms with Crippen molar-refractivity contribution in [3.05, 3.63) is 12.4 Å². The third kappa shape index (κ3) is 3.51. The summed E-state index contributed by atoms with van der Waals surface area (Å²) in [5.41, 5.74) is 0. The van der Waals surface area contributed by atoms with E-state index in [9.17, 15) is 4.79 Å². The molecule has 1 aliphatic heterocycles. The zero-order valence-electron chi connectivity index (χ0n) is 11.0. The normalized spacial score (nSPS) is 16.6. The van der Waals surface area contributed by atoms with Crippen LogP contribution in [0.1, 0.15) is 32.6 Å². The van der Waals surface area contributed by atoms with Crippen LogP contribution in [0, 0.1) is 0 Å². The summed E-state index contributed by atoms with van der Waals surface area (Å²) in [6, 6.07) is 0. The van der Waals surface area contributed by atoms with Crippen LogP contribution in [0.2, 0.25) is 0 Å². The average Bonchev–Trinajstić information content (AvgIpc) is 2.67. The lowest BCUT2D eigenvalue weighted by Crippen LogP contribution is -2.33. The Hall–Kier alpha value is -0.970. The highest BCUT2D eigenvalue weighted by atomic mass is 32.2. The second kappa shape index (κ2) is 6.83. The Morgan fingerprint density at radius 1 is 1.33 bits per heavy atom. The second-order valence-electron chi connectivity index (χ2n) is 4.58. The molecule has 1 aromatic rings. The van der Waals surface area contributed by atoms with E-state index >= 15 is 0 Å². The summed E-state index contributed by atoms with van der Waals surface area (Å²) >= 11 is 1.55. The summed E-state index contributed by atoms with van der Waals surface area (Å²) in [6.45, 7) is 4.85. The van der Waals surface area contributed by atoms with Crippen LogP contribution in [0.4, 0.5) is 0 Å². The van der Waals surface area contributed by atoms with Gasteiger partial charge < -0.3 is 9.47 Å². The first-order valence-corrected chi connectivity index (χ1v) is 7.71. The van der Waals surface area contributed by atoms with Crippen molar-refractivity contribution in [3.63, 3.8) is 0 Å². The van der Waals surface area contributed by atoms with Crippen LogP contribution in [0.5, 0.6) is 0 Å². The fraction of sp³-hybridized carbons (Fsp3) is 0.692. The van der Waals surface area contributed by atoms with Gasteiger partial charge in [0.25, 0.3) is 0 Å². The van der Waals surface area contributed by atoms with Gasteiger partial charge in [-0.3, -0.25) is 4.79 Å². The van der Waals surface area contributed by atoms with E-state index in [-0.39, 0.29) is 5.91 Å². The molecule has 1 fully saturated rings. The number of carbonyl (C=O) groups excluding carboxylic acids is 1. The van der Waals surface area contributed by atoms with Crippen LogP contribution in [0.25, 0.3) is 0 Å². The van der Waals surface area contributed by atoms with Crippen molar-refractivity contribution < 1.29 is 4.79 Å². The quantitative estimate of drug-likeness (QED) is 0.786. The standard InChI is InChI=1S/C13H21N3OS/c1-2-15-10-7-14-13(15)18-11-12(17)16-8-5-3-4-6-9-16/h7,10H,2-6,8-9,11H2,1H3. The van der Waals surface area contributed by atoms with E-state index in [0.717, 1.165) is 37.6 Å². The van der Waals surface area contributed by atoms with Gasteiger partial charge in [0.2, 0.25) is 5.91 Å². The molecule has 0 spiro atoms. The number of amides is 1. The van der Waals surface area contributed by atoms with Gasteiger partial charge in [0.1, 0.15) is 0 Å². The number of likely N-dealkylation sites (tertiary alicyclic amines) is 1. The molecule has 0 bridgehead atoms. The molecule has 2 heterocycles. The minimum absolute atomic E-state index is 0.257. The molecule has 0 aromatic carbocycles. The Bertz CT molecular complexity index is 383. The maximum Gasteiger partial charge on any atom is 0.233 e. The van der Waals surface area contributed by atoms with Crippen molar-refractivity contribution in [3.8, 4) is 0 Å². The molecular formula is C13H21N3OS. The number of aromatic nitrogens is 2. The first-order chi connectivity index (χ1) is 8.81. The van der Waals surface area contributed by atoms with Crippen molar-refractivity contribution >= 4 is 17.7 Å². The lowest BCUT2D eigenvalue weighted by atomic mass is 10.2. The number of rotatable bonds is 4. The number of carbonyl (C=O) groups is 1. The molecule has 1 saturated heterocycles. The molecule has 2 rings (SSSR count). The van der Waals surface area contributed by atoms with E-state index < -0.39 is 0 Å². The van der Waals surface area contributed by atoms with E-state index in [1.807, 2.05) is 11.1 Å². The van der Waals surface area contributed by atoms with Gasteiger partial charge >= 0.3 is 0 Å². The molecule has 1 aliphatic rings. The van der Waals surface area contributed by atoms with E-state index in [4.69, 9.17) is 0 Å². The van der Waals surface area contributed by atoms with Crippen LogP contribution < -0.4 is 0 Å². The van der Waals surface area contributed by atoms with Gasteiger partial charge in [-0.15, -0.1) is 0 Å². The second-order valence-corrected chi connectivity index (χ2v) is 5.52. The smallest absolute Gasteiger partial charge is 0.233 e. The summed E-state index contributed by atoms with van der Waals surface area (Å²) in [4.78, 5) is 18.4. The van der Waals surface area contributed by atoms with Crippen molar-refractivity contribution in [1.29, 1.82) is 0 Å². The predicted molar refractivity (Wildman–Crippen MR) is 73.7 cm³/mol. The maximum atomic E-state index is 12.1. The summed E-state index contributed by atoms with van der Waals surface area (Å²) in [5.74, 6) is 0.768. The monoisotopic (exact) mass is 267 g/mol. The average molecular weight is 267 g/mol. The fourth-order valence-corrected chi connectivity index (χ4v) is 3.14. The van der Waals surface area contributed by atoms with Crippen molar-refractivity contribution in [1.82, 2.24) is 14.5 Å². The number of nitrogens with zero attached hydrogens (tertiary/aromatic N) is 3. The van der Waals surface area contributed by atoms with E-state index in [2.05, 4.69) is 16.5 Å². The van der Waals surface area contributed by atoms with Crippen molar-refractivity contribution in [2.45, 2.75) is 44.3 Å². The van der Waals surface area contributed by atoms with Gasteiger partial charge in [0.05, 0.1) is 5.75 Å². The Kier molecular flexibility index (Phi) is 5.11. The van der Waals surface area contributed by atoms with E-state index in [1.165, 1.54) is 12.8 Å². The Morgan fingerprint density at radius 3 is 2.72 bits per heavy atom. The van der Waals surface area contributed by atoms with Crippen LogP contribution in [-0.4, -0.2) is 39.2 Å². The topological polar surface area (TPSA) is 38.1 Å². The Labute approximate surface area is 113 Å². The molecule has 0 unspecified atom stereocenters. The molecule has 1 aromatic heterocycles. The molecule has 1 amide bonds. The van der Waals surface area contributed by atoms with Crippen molar-refractivity contribution in [2.24, 2.45) is 0 Å². The third-order valence-electron chi connectivity index (χ3n) is 3.30. The molecular weight excluding hydrogens is 246 g/mol. The SMILES string of the molecule is CCn1ccnc1SCC(=O)N1CCCCCC1. The molecule has 0 N–H and O–H groups in total. The van der Waals surface area contributed by atoms with Gasteiger partial charge in [-0.25, -0.2) is 4.98 Å². The molecule has 100 valence electrons. The predicted octanol–water partition coefficient (Wildman–Crippen LogP) is 2.40. The number of thioether (sulfide) groups is 1. The molecule has 4 nitrogen and oxygen atoms in total. The number of imidazole rings is 1. The summed E-state index contributed by atoms with van der Waals surface area (Å²) in [6.07, 6.45) is 8.58. The molecule has 0 radical (unpaired) electrons. The number of hydrogen-bond donors (Lipinski definition) is 0. The largest absolute Gasteiger partial charge is 0.342 e. The lowest BCUT2D eigenvalue weighted by Gasteiger charge is -2.19. The van der Waals surface area contributed by atoms with Gasteiger partial charge in [0, 0.05) is 32.0 Å². The Balaban J connectivity index is 1.83. The highest BCUT2D eigenvalue weighted by Gasteiger charge is 2.16. The van der Waals surface area contributed by atoms with Gasteiger partial charge in [-0.05, 0) is 19.8 Å². The molecule has 5 heteroatoms. The highest BCUT2D eigenvalue weighted by molar-refractivity contribution is 7.99. The zero-order valence-corrected chi connectivity index (χ0v) is 11.8. The first kappa shape index (κ1) is 13.5. The van der Waals surface area contributed by atoms with E-state index in [1.54, 1.807) is 18.0 Å². The van der Waals surface area contributed by atoms with Crippen molar-refractivity contribution in [2.75, 3.05) is 18.8 Å². The third-order valence-corrected chi connectivity index (χ3v) is 4.29. The van der Waals surface area contributed by atoms with E-state index in [0.29, 0.717) is 5.75 Å². The van der Waals surface area contributed by atoms with Crippen LogP contribution in [-0.2, 0) is 11.3 Å². The van der Waals surface area contributed by atoms with Crippen LogP contribution >= 0.6 is 11.8 Å².